The Bertz CT molecular complexity index is 576. The fraction of sp³-hybridized carbons (Fsp3) is 0.250. The van der Waals surface area contributed by atoms with Gasteiger partial charge in [-0.3, -0.25) is 0 Å². The Labute approximate surface area is 138 Å². The zero-order chi connectivity index (χ0) is 14.5. The summed E-state index contributed by atoms with van der Waals surface area (Å²) in [4.78, 5) is 0. The number of ether oxygens (including phenoxy) is 1. The summed E-state index contributed by atoms with van der Waals surface area (Å²) in [7, 11) is 0. The van der Waals surface area contributed by atoms with E-state index in [-0.39, 0.29) is 12.1 Å². The van der Waals surface area contributed by atoms with Gasteiger partial charge in [-0.1, -0.05) is 36.7 Å². The summed E-state index contributed by atoms with van der Waals surface area (Å²) in [5, 5.41) is 0.696. The maximum atomic E-state index is 6.22. The highest BCUT2D eigenvalue weighted by atomic mass is 127. The smallest absolute Gasteiger partial charge is 0.139 e. The monoisotopic (exact) mass is 401 g/mol. The van der Waals surface area contributed by atoms with E-state index in [2.05, 4.69) is 29.5 Å². The molecule has 0 saturated heterocycles. The van der Waals surface area contributed by atoms with Gasteiger partial charge in [-0.25, -0.2) is 0 Å². The van der Waals surface area contributed by atoms with Crippen LogP contribution in [0.15, 0.2) is 48.5 Å². The fourth-order valence-electron chi connectivity index (χ4n) is 1.99. The normalized spacial score (nSPS) is 13.8. The van der Waals surface area contributed by atoms with Gasteiger partial charge in [-0.2, -0.15) is 0 Å². The van der Waals surface area contributed by atoms with Gasteiger partial charge in [0.1, 0.15) is 11.9 Å². The van der Waals surface area contributed by atoms with E-state index in [1.54, 1.807) is 0 Å². The summed E-state index contributed by atoms with van der Waals surface area (Å²) in [5.74, 6) is 0.825. The number of hydrogen-bond donors (Lipinski definition) is 1. The number of benzene rings is 2. The van der Waals surface area contributed by atoms with E-state index in [9.17, 15) is 0 Å². The van der Waals surface area contributed by atoms with Crippen LogP contribution in [0.5, 0.6) is 5.75 Å². The second kappa shape index (κ2) is 7.29. The second-order valence-corrected chi connectivity index (χ2v) is 6.31. The van der Waals surface area contributed by atoms with E-state index in [0.29, 0.717) is 5.02 Å². The molecule has 0 aliphatic heterocycles. The van der Waals surface area contributed by atoms with Gasteiger partial charge < -0.3 is 10.5 Å². The number of nitrogens with two attached hydrogens (primary N) is 1. The molecule has 2 unspecified atom stereocenters. The molecule has 106 valence electrons. The van der Waals surface area contributed by atoms with Crippen molar-refractivity contribution >= 4 is 34.2 Å². The first-order valence-electron chi connectivity index (χ1n) is 6.53. The lowest BCUT2D eigenvalue weighted by Crippen LogP contribution is -2.31. The number of rotatable bonds is 5. The first kappa shape index (κ1) is 15.6. The molecule has 0 amide bonds. The minimum absolute atomic E-state index is 0.0775. The zero-order valence-corrected chi connectivity index (χ0v) is 14.1. The van der Waals surface area contributed by atoms with Crippen LogP contribution in [0.3, 0.4) is 0 Å². The minimum Gasteiger partial charge on any atom is -0.484 e. The number of halogens is 2. The molecule has 2 atom stereocenters. The van der Waals surface area contributed by atoms with Crippen LogP contribution in [-0.2, 0) is 0 Å². The van der Waals surface area contributed by atoms with Crippen LogP contribution in [0.4, 0.5) is 0 Å². The van der Waals surface area contributed by atoms with Gasteiger partial charge in [0.05, 0.1) is 0 Å². The molecule has 2 aromatic carbocycles. The Kier molecular flexibility index (Phi) is 5.69. The standard InChI is InChI=1S/C16H17ClINO/c1-2-15(19)16(11-5-3-6-12(17)9-11)20-14-8-4-7-13(18)10-14/h3-10,15-16H,2,19H2,1H3. The van der Waals surface area contributed by atoms with Gasteiger partial charge in [0.15, 0.2) is 0 Å². The number of hydrogen-bond acceptors (Lipinski definition) is 2. The third kappa shape index (κ3) is 4.11. The van der Waals surface area contributed by atoms with Gasteiger partial charge >= 0.3 is 0 Å². The summed E-state index contributed by atoms with van der Waals surface area (Å²) in [6, 6.07) is 15.6. The molecule has 20 heavy (non-hydrogen) atoms. The highest BCUT2D eigenvalue weighted by Crippen LogP contribution is 2.28. The zero-order valence-electron chi connectivity index (χ0n) is 11.2. The van der Waals surface area contributed by atoms with Crippen molar-refractivity contribution in [3.63, 3.8) is 0 Å². The van der Waals surface area contributed by atoms with Gasteiger partial charge in [-0.05, 0) is 64.9 Å². The van der Waals surface area contributed by atoms with Crippen LogP contribution < -0.4 is 10.5 Å². The predicted molar refractivity (Wildman–Crippen MR) is 92.2 cm³/mol. The lowest BCUT2D eigenvalue weighted by atomic mass is 10.0. The van der Waals surface area contributed by atoms with Crippen LogP contribution in [0.1, 0.15) is 25.0 Å². The Hall–Kier alpha value is -0.780. The van der Waals surface area contributed by atoms with Crippen molar-refractivity contribution in [1.29, 1.82) is 0 Å². The summed E-state index contributed by atoms with van der Waals surface area (Å²) < 4.78 is 7.23. The molecule has 4 heteroatoms. The maximum absolute atomic E-state index is 6.22. The Morgan fingerprint density at radius 2 is 1.95 bits per heavy atom. The SMILES string of the molecule is CCC(N)C(Oc1cccc(I)c1)c1cccc(Cl)c1. The van der Waals surface area contributed by atoms with Crippen molar-refractivity contribution in [3.05, 3.63) is 62.7 Å². The van der Waals surface area contributed by atoms with Crippen LogP contribution in [0, 0.1) is 3.57 Å². The molecular formula is C16H17ClINO. The molecule has 0 spiro atoms. The first-order valence-corrected chi connectivity index (χ1v) is 7.99. The molecule has 2 aromatic rings. The minimum atomic E-state index is -0.197. The average Bonchev–Trinajstić information content (AvgIpc) is 2.44. The van der Waals surface area contributed by atoms with Crippen molar-refractivity contribution in [2.24, 2.45) is 5.73 Å². The van der Waals surface area contributed by atoms with Gasteiger partial charge in [0.2, 0.25) is 0 Å². The molecule has 0 aliphatic carbocycles. The van der Waals surface area contributed by atoms with E-state index in [0.717, 1.165) is 21.3 Å². The molecular weight excluding hydrogens is 385 g/mol. The molecule has 0 saturated carbocycles. The summed E-state index contributed by atoms with van der Waals surface area (Å²) in [5.41, 5.74) is 7.22. The highest BCUT2D eigenvalue weighted by Gasteiger charge is 2.20. The van der Waals surface area contributed by atoms with Crippen molar-refractivity contribution < 1.29 is 4.74 Å². The highest BCUT2D eigenvalue weighted by molar-refractivity contribution is 14.1. The average molecular weight is 402 g/mol. The van der Waals surface area contributed by atoms with E-state index in [1.165, 1.54) is 0 Å². The van der Waals surface area contributed by atoms with Crippen LogP contribution in [0.25, 0.3) is 0 Å². The molecule has 2 rings (SSSR count). The maximum Gasteiger partial charge on any atom is 0.139 e. The summed E-state index contributed by atoms with van der Waals surface area (Å²) >= 11 is 8.33. The summed E-state index contributed by atoms with van der Waals surface area (Å²) in [6.45, 7) is 2.06. The largest absolute Gasteiger partial charge is 0.484 e. The first-order chi connectivity index (χ1) is 9.60. The van der Waals surface area contributed by atoms with Crippen molar-refractivity contribution in [1.82, 2.24) is 0 Å². The quantitative estimate of drug-likeness (QED) is 0.730. The molecule has 2 N–H and O–H groups in total. The van der Waals surface area contributed by atoms with Crippen LogP contribution >= 0.6 is 34.2 Å². The molecule has 0 radical (unpaired) electrons. The Balaban J connectivity index is 2.29. The molecule has 0 heterocycles. The molecule has 0 aromatic heterocycles. The van der Waals surface area contributed by atoms with Crippen molar-refractivity contribution in [2.45, 2.75) is 25.5 Å². The van der Waals surface area contributed by atoms with Crippen molar-refractivity contribution in [2.75, 3.05) is 0 Å². The molecule has 0 fully saturated rings. The van der Waals surface area contributed by atoms with E-state index < -0.39 is 0 Å². The van der Waals surface area contributed by atoms with Crippen LogP contribution in [-0.4, -0.2) is 6.04 Å². The Morgan fingerprint density at radius 1 is 1.20 bits per heavy atom. The fourth-order valence-corrected chi connectivity index (χ4v) is 2.70. The van der Waals surface area contributed by atoms with Gasteiger partial charge in [-0.15, -0.1) is 0 Å². The lowest BCUT2D eigenvalue weighted by Gasteiger charge is -2.25. The predicted octanol–water partition coefficient (Wildman–Crippen LogP) is 4.80. The summed E-state index contributed by atoms with van der Waals surface area (Å²) in [6.07, 6.45) is 0.637. The third-order valence-electron chi connectivity index (χ3n) is 3.10. The topological polar surface area (TPSA) is 35.2 Å². The van der Waals surface area contributed by atoms with Crippen LogP contribution in [0.2, 0.25) is 5.02 Å². The van der Waals surface area contributed by atoms with Gasteiger partial charge in [0, 0.05) is 14.6 Å². The van der Waals surface area contributed by atoms with E-state index >= 15 is 0 Å². The lowest BCUT2D eigenvalue weighted by molar-refractivity contribution is 0.171. The van der Waals surface area contributed by atoms with Crippen molar-refractivity contribution in [3.8, 4) is 5.75 Å². The third-order valence-corrected chi connectivity index (χ3v) is 4.00. The molecule has 0 bridgehead atoms. The molecule has 2 nitrogen and oxygen atoms in total. The van der Waals surface area contributed by atoms with E-state index in [1.807, 2.05) is 48.5 Å². The second-order valence-electron chi connectivity index (χ2n) is 4.62. The van der Waals surface area contributed by atoms with E-state index in [4.69, 9.17) is 22.1 Å². The Morgan fingerprint density at radius 3 is 2.60 bits per heavy atom. The molecule has 0 aliphatic rings. The van der Waals surface area contributed by atoms with Gasteiger partial charge in [0.25, 0.3) is 0 Å².